The van der Waals surface area contributed by atoms with Crippen LogP contribution in [0.5, 0.6) is 0 Å². The Kier molecular flexibility index (Phi) is 5.50. The number of rotatable bonds is 6. The van der Waals surface area contributed by atoms with Crippen LogP contribution in [0.2, 0.25) is 0 Å². The van der Waals surface area contributed by atoms with Crippen molar-refractivity contribution in [2.75, 3.05) is 6.54 Å². The van der Waals surface area contributed by atoms with Gasteiger partial charge in [-0.1, -0.05) is 37.3 Å². The molecule has 1 aromatic carbocycles. The molecule has 0 fully saturated rings. The molecular weight excluding hydrogens is 198 g/mol. The highest BCUT2D eigenvalue weighted by atomic mass is 16.3. The Bertz CT molecular complexity index is 284. The smallest absolute Gasteiger partial charge is 0.0515 e. The van der Waals surface area contributed by atoms with Crippen molar-refractivity contribution in [3.63, 3.8) is 0 Å². The van der Waals surface area contributed by atoms with E-state index in [4.69, 9.17) is 0 Å². The standard InChI is InChI=1S/C14H23NO/c1-11(9-12(2)16)10-15-13(3)14-7-5-4-6-8-14/h4-8,11-13,15-16H,9-10H2,1-3H3. The highest BCUT2D eigenvalue weighted by molar-refractivity contribution is 5.17. The van der Waals surface area contributed by atoms with E-state index >= 15 is 0 Å². The molecule has 0 saturated heterocycles. The first-order valence-electron chi connectivity index (χ1n) is 6.06. The lowest BCUT2D eigenvalue weighted by Crippen LogP contribution is -2.26. The molecule has 0 amide bonds. The number of aliphatic hydroxyl groups excluding tert-OH is 1. The first-order valence-corrected chi connectivity index (χ1v) is 6.06. The van der Waals surface area contributed by atoms with Crippen LogP contribution in [0.15, 0.2) is 30.3 Å². The molecule has 1 rings (SSSR count). The largest absolute Gasteiger partial charge is 0.393 e. The van der Waals surface area contributed by atoms with E-state index in [1.165, 1.54) is 5.56 Å². The van der Waals surface area contributed by atoms with Crippen LogP contribution in [0, 0.1) is 5.92 Å². The van der Waals surface area contributed by atoms with Crippen LogP contribution in [0.1, 0.15) is 38.8 Å². The summed E-state index contributed by atoms with van der Waals surface area (Å²) in [6.45, 7) is 7.12. The Balaban J connectivity index is 2.33. The summed E-state index contributed by atoms with van der Waals surface area (Å²) in [5.41, 5.74) is 1.31. The average Bonchev–Trinajstić information content (AvgIpc) is 2.26. The molecule has 0 bridgehead atoms. The lowest BCUT2D eigenvalue weighted by Gasteiger charge is -2.19. The van der Waals surface area contributed by atoms with Gasteiger partial charge in [0.15, 0.2) is 0 Å². The number of hydrogen-bond donors (Lipinski definition) is 2. The predicted molar refractivity (Wildman–Crippen MR) is 68.3 cm³/mol. The molecular formula is C14H23NO. The first-order chi connectivity index (χ1) is 7.59. The Morgan fingerprint density at radius 2 is 1.75 bits per heavy atom. The van der Waals surface area contributed by atoms with Gasteiger partial charge in [0.05, 0.1) is 6.10 Å². The van der Waals surface area contributed by atoms with E-state index < -0.39 is 0 Å². The molecule has 0 aromatic heterocycles. The van der Waals surface area contributed by atoms with Crippen molar-refractivity contribution in [3.8, 4) is 0 Å². The third-order valence-corrected chi connectivity index (χ3v) is 2.82. The minimum atomic E-state index is -0.205. The summed E-state index contributed by atoms with van der Waals surface area (Å²) in [7, 11) is 0. The molecule has 1 aromatic rings. The molecule has 2 N–H and O–H groups in total. The summed E-state index contributed by atoms with van der Waals surface area (Å²) >= 11 is 0. The van der Waals surface area contributed by atoms with Gasteiger partial charge >= 0.3 is 0 Å². The number of benzene rings is 1. The highest BCUT2D eigenvalue weighted by Crippen LogP contribution is 2.12. The van der Waals surface area contributed by atoms with Crippen LogP contribution in [0.4, 0.5) is 0 Å². The summed E-state index contributed by atoms with van der Waals surface area (Å²) in [6, 6.07) is 10.8. The van der Waals surface area contributed by atoms with E-state index in [1.54, 1.807) is 0 Å². The molecule has 0 radical (unpaired) electrons. The predicted octanol–water partition coefficient (Wildman–Crippen LogP) is 2.74. The van der Waals surface area contributed by atoms with Gasteiger partial charge in [0.1, 0.15) is 0 Å². The molecule has 0 aliphatic heterocycles. The maximum Gasteiger partial charge on any atom is 0.0515 e. The molecule has 3 atom stereocenters. The van der Waals surface area contributed by atoms with Crippen LogP contribution < -0.4 is 5.32 Å². The second kappa shape index (κ2) is 6.66. The summed E-state index contributed by atoms with van der Waals surface area (Å²) in [5, 5.41) is 12.8. The second-order valence-corrected chi connectivity index (χ2v) is 4.73. The number of nitrogens with one attached hydrogen (secondary N) is 1. The van der Waals surface area contributed by atoms with Crippen molar-refractivity contribution in [3.05, 3.63) is 35.9 Å². The normalized spacial score (nSPS) is 16.8. The lowest BCUT2D eigenvalue weighted by molar-refractivity contribution is 0.162. The summed E-state index contributed by atoms with van der Waals surface area (Å²) in [6.07, 6.45) is 0.651. The van der Waals surface area contributed by atoms with Gasteiger partial charge in [-0.2, -0.15) is 0 Å². The van der Waals surface area contributed by atoms with Crippen molar-refractivity contribution in [1.82, 2.24) is 5.32 Å². The summed E-state index contributed by atoms with van der Waals surface area (Å²) in [4.78, 5) is 0. The molecule has 2 nitrogen and oxygen atoms in total. The van der Waals surface area contributed by atoms with Crippen molar-refractivity contribution >= 4 is 0 Å². The topological polar surface area (TPSA) is 32.3 Å². The van der Waals surface area contributed by atoms with Crippen molar-refractivity contribution < 1.29 is 5.11 Å². The van der Waals surface area contributed by atoms with Gasteiger partial charge in [0.2, 0.25) is 0 Å². The molecule has 0 heterocycles. The highest BCUT2D eigenvalue weighted by Gasteiger charge is 2.09. The van der Waals surface area contributed by atoms with Gasteiger partial charge in [0.25, 0.3) is 0 Å². The molecule has 0 aliphatic rings. The maximum atomic E-state index is 9.28. The zero-order valence-corrected chi connectivity index (χ0v) is 10.5. The molecule has 0 aliphatic carbocycles. The SMILES string of the molecule is CC(O)CC(C)CNC(C)c1ccccc1. The fourth-order valence-electron chi connectivity index (χ4n) is 1.90. The Morgan fingerprint density at radius 3 is 2.31 bits per heavy atom. The monoisotopic (exact) mass is 221 g/mol. The number of hydrogen-bond acceptors (Lipinski definition) is 2. The van der Waals surface area contributed by atoms with E-state index in [-0.39, 0.29) is 6.10 Å². The van der Waals surface area contributed by atoms with Crippen LogP contribution in [0.3, 0.4) is 0 Å². The third-order valence-electron chi connectivity index (χ3n) is 2.82. The van der Waals surface area contributed by atoms with E-state index in [0.29, 0.717) is 12.0 Å². The van der Waals surface area contributed by atoms with Crippen LogP contribution in [0.25, 0.3) is 0 Å². The zero-order chi connectivity index (χ0) is 12.0. The Hall–Kier alpha value is -0.860. The maximum absolute atomic E-state index is 9.28. The average molecular weight is 221 g/mol. The van der Waals surface area contributed by atoms with Gasteiger partial charge in [-0.05, 0) is 38.3 Å². The lowest BCUT2D eigenvalue weighted by atomic mass is 10.0. The van der Waals surface area contributed by atoms with E-state index in [2.05, 4.69) is 43.4 Å². The van der Waals surface area contributed by atoms with E-state index in [1.807, 2.05) is 13.0 Å². The van der Waals surface area contributed by atoms with Gasteiger partial charge < -0.3 is 10.4 Å². The Morgan fingerprint density at radius 1 is 1.12 bits per heavy atom. The van der Waals surface area contributed by atoms with Crippen LogP contribution in [-0.4, -0.2) is 17.8 Å². The van der Waals surface area contributed by atoms with Gasteiger partial charge in [-0.25, -0.2) is 0 Å². The van der Waals surface area contributed by atoms with Gasteiger partial charge in [-0.15, -0.1) is 0 Å². The van der Waals surface area contributed by atoms with Crippen LogP contribution in [-0.2, 0) is 0 Å². The summed E-state index contributed by atoms with van der Waals surface area (Å²) in [5.74, 6) is 0.506. The quantitative estimate of drug-likeness (QED) is 0.774. The minimum absolute atomic E-state index is 0.205. The zero-order valence-electron chi connectivity index (χ0n) is 10.5. The minimum Gasteiger partial charge on any atom is -0.393 e. The Labute approximate surface area is 98.7 Å². The molecule has 3 unspecified atom stereocenters. The van der Waals surface area contributed by atoms with Crippen molar-refractivity contribution in [2.24, 2.45) is 5.92 Å². The third kappa shape index (κ3) is 4.77. The first kappa shape index (κ1) is 13.2. The molecule has 2 heteroatoms. The fraction of sp³-hybridized carbons (Fsp3) is 0.571. The molecule has 90 valence electrons. The summed E-state index contributed by atoms with van der Waals surface area (Å²) < 4.78 is 0. The molecule has 16 heavy (non-hydrogen) atoms. The van der Waals surface area contributed by atoms with Crippen molar-refractivity contribution in [2.45, 2.75) is 39.3 Å². The fourth-order valence-corrected chi connectivity index (χ4v) is 1.90. The van der Waals surface area contributed by atoms with E-state index in [9.17, 15) is 5.11 Å². The van der Waals surface area contributed by atoms with Crippen molar-refractivity contribution in [1.29, 1.82) is 0 Å². The molecule has 0 saturated carbocycles. The van der Waals surface area contributed by atoms with Gasteiger partial charge in [-0.3, -0.25) is 0 Å². The van der Waals surface area contributed by atoms with Crippen LogP contribution >= 0.6 is 0 Å². The number of aliphatic hydroxyl groups is 1. The van der Waals surface area contributed by atoms with Gasteiger partial charge in [0, 0.05) is 6.04 Å². The van der Waals surface area contributed by atoms with E-state index in [0.717, 1.165) is 13.0 Å². The second-order valence-electron chi connectivity index (χ2n) is 4.73. The molecule has 0 spiro atoms.